The Hall–Kier alpha value is -2.82. The molecule has 142 valence electrons. The average molecular weight is 366 g/mol. The van der Waals surface area contributed by atoms with E-state index in [2.05, 4.69) is 18.0 Å². The van der Waals surface area contributed by atoms with Gasteiger partial charge in [0, 0.05) is 18.3 Å². The van der Waals surface area contributed by atoms with Gasteiger partial charge in [-0.3, -0.25) is 9.88 Å². The second kappa shape index (κ2) is 7.82. The Bertz CT molecular complexity index is 825. The largest absolute Gasteiger partial charge is 0.456 e. The number of rotatable bonds is 3. The van der Waals surface area contributed by atoms with E-state index in [1.807, 2.05) is 57.2 Å². The van der Waals surface area contributed by atoms with Crippen LogP contribution in [0.2, 0.25) is 0 Å². The maximum Gasteiger partial charge on any atom is 0.414 e. The molecule has 0 fully saturated rings. The maximum absolute atomic E-state index is 12.7. The number of carbonyl (C=O) groups excluding carboxylic acids is 1. The molecule has 2 heterocycles. The molecule has 0 bridgehead atoms. The molecule has 2 aromatic rings. The number of pyridine rings is 1. The fourth-order valence-electron chi connectivity index (χ4n) is 2.93. The van der Waals surface area contributed by atoms with Crippen molar-refractivity contribution in [1.82, 2.24) is 9.88 Å². The Kier molecular flexibility index (Phi) is 5.49. The van der Waals surface area contributed by atoms with Crippen LogP contribution < -0.4 is 4.74 Å². The first-order chi connectivity index (χ1) is 12.8. The van der Waals surface area contributed by atoms with Crippen LogP contribution in [0.15, 0.2) is 54.9 Å². The van der Waals surface area contributed by atoms with Crippen LogP contribution in [0.3, 0.4) is 0 Å². The summed E-state index contributed by atoms with van der Waals surface area (Å²) in [6, 6.07) is 11.4. The van der Waals surface area contributed by atoms with Crippen molar-refractivity contribution in [3.63, 3.8) is 0 Å². The van der Waals surface area contributed by atoms with Gasteiger partial charge in [-0.25, -0.2) is 4.79 Å². The van der Waals surface area contributed by atoms with Gasteiger partial charge in [-0.15, -0.1) is 0 Å². The minimum Gasteiger partial charge on any atom is -0.456 e. The molecule has 3 rings (SSSR count). The molecule has 1 aliphatic rings. The van der Waals surface area contributed by atoms with E-state index < -0.39 is 5.60 Å². The molecule has 0 aliphatic carbocycles. The molecule has 0 unspecified atom stereocenters. The highest BCUT2D eigenvalue weighted by atomic mass is 16.6. The number of nitrogens with zero attached hydrogens (tertiary/aromatic N) is 2. The number of amides is 1. The molecule has 5 nitrogen and oxygen atoms in total. The average Bonchev–Trinajstić information content (AvgIpc) is 2.61. The van der Waals surface area contributed by atoms with Crippen LogP contribution in [0.5, 0.6) is 11.5 Å². The summed E-state index contributed by atoms with van der Waals surface area (Å²) in [5.41, 5.74) is 1.25. The van der Waals surface area contributed by atoms with E-state index in [4.69, 9.17) is 9.47 Å². The van der Waals surface area contributed by atoms with Gasteiger partial charge in [0.25, 0.3) is 0 Å². The fraction of sp³-hybridized carbons (Fsp3) is 0.364. The molecule has 0 N–H and O–H groups in total. The van der Waals surface area contributed by atoms with E-state index >= 15 is 0 Å². The van der Waals surface area contributed by atoms with Crippen LogP contribution >= 0.6 is 0 Å². The molecule has 1 aliphatic heterocycles. The quantitative estimate of drug-likeness (QED) is 0.720. The first-order valence-corrected chi connectivity index (χ1v) is 9.21. The summed E-state index contributed by atoms with van der Waals surface area (Å²) in [4.78, 5) is 18.5. The predicted molar refractivity (Wildman–Crippen MR) is 105 cm³/mol. The van der Waals surface area contributed by atoms with Crippen LogP contribution in [0.25, 0.3) is 5.70 Å². The maximum atomic E-state index is 12.7. The number of aromatic nitrogens is 1. The Balaban J connectivity index is 1.86. The van der Waals surface area contributed by atoms with Crippen molar-refractivity contribution in [1.29, 1.82) is 0 Å². The van der Waals surface area contributed by atoms with Crippen molar-refractivity contribution >= 4 is 11.8 Å². The Morgan fingerprint density at radius 3 is 2.67 bits per heavy atom. The van der Waals surface area contributed by atoms with E-state index in [-0.39, 0.29) is 6.09 Å². The highest BCUT2D eigenvalue weighted by molar-refractivity contribution is 5.83. The smallest absolute Gasteiger partial charge is 0.414 e. The van der Waals surface area contributed by atoms with Gasteiger partial charge < -0.3 is 9.47 Å². The van der Waals surface area contributed by atoms with E-state index in [0.29, 0.717) is 24.0 Å². The lowest BCUT2D eigenvalue weighted by Crippen LogP contribution is -2.39. The molecule has 1 aromatic carbocycles. The molecule has 1 amide bonds. The molecule has 0 radical (unpaired) electrons. The van der Waals surface area contributed by atoms with Gasteiger partial charge in [0.2, 0.25) is 0 Å². The monoisotopic (exact) mass is 366 g/mol. The molecular formula is C22H26N2O3. The third kappa shape index (κ3) is 5.09. The number of allylic oxidation sites excluding steroid dienone is 1. The number of hydrogen-bond donors (Lipinski definition) is 0. The summed E-state index contributed by atoms with van der Waals surface area (Å²) >= 11 is 0. The SMILES string of the molecule is C[C@H]1CC=C(c2cccc(Oc3cccnc3)c2)N(C(=O)OC(C)(C)C)C1. The second-order valence-electron chi connectivity index (χ2n) is 7.84. The van der Waals surface area contributed by atoms with E-state index in [9.17, 15) is 4.79 Å². The van der Waals surface area contributed by atoms with E-state index in [0.717, 1.165) is 17.7 Å². The van der Waals surface area contributed by atoms with Crippen LogP contribution in [0.4, 0.5) is 4.79 Å². The van der Waals surface area contributed by atoms with Crippen molar-refractivity contribution in [2.75, 3.05) is 6.54 Å². The minimum absolute atomic E-state index is 0.320. The molecule has 1 aromatic heterocycles. The molecule has 5 heteroatoms. The number of benzene rings is 1. The topological polar surface area (TPSA) is 51.7 Å². The van der Waals surface area contributed by atoms with Gasteiger partial charge >= 0.3 is 6.09 Å². The van der Waals surface area contributed by atoms with Gasteiger partial charge in [-0.2, -0.15) is 0 Å². The van der Waals surface area contributed by atoms with Crippen molar-refractivity contribution < 1.29 is 14.3 Å². The molecule has 0 spiro atoms. The summed E-state index contributed by atoms with van der Waals surface area (Å²) in [6.07, 6.45) is 6.07. The fourth-order valence-corrected chi connectivity index (χ4v) is 2.93. The summed E-state index contributed by atoms with van der Waals surface area (Å²) in [6.45, 7) is 8.40. The van der Waals surface area contributed by atoms with E-state index in [1.54, 1.807) is 17.3 Å². The lowest BCUT2D eigenvalue weighted by molar-refractivity contribution is 0.0327. The molecule has 1 atom stereocenters. The summed E-state index contributed by atoms with van der Waals surface area (Å²) in [7, 11) is 0. The zero-order valence-electron chi connectivity index (χ0n) is 16.3. The highest BCUT2D eigenvalue weighted by Crippen LogP contribution is 2.31. The van der Waals surface area contributed by atoms with Gasteiger partial charge in [0.1, 0.15) is 17.1 Å². The summed E-state index contributed by atoms with van der Waals surface area (Å²) in [5.74, 6) is 1.75. The van der Waals surface area contributed by atoms with Crippen molar-refractivity contribution in [3.8, 4) is 11.5 Å². The molecule has 27 heavy (non-hydrogen) atoms. The molecule has 0 saturated heterocycles. The standard InChI is InChI=1S/C22H26N2O3/c1-16-10-11-20(24(15-16)21(25)27-22(2,3)4)17-7-5-8-18(13-17)26-19-9-6-12-23-14-19/h5-9,11-14,16H,10,15H2,1-4H3/t16-/m0/s1. The van der Waals surface area contributed by atoms with Crippen molar-refractivity contribution in [2.24, 2.45) is 5.92 Å². The van der Waals surface area contributed by atoms with Gasteiger partial charge in [-0.05, 0) is 57.4 Å². The first kappa shape index (κ1) is 19.0. The number of hydrogen-bond acceptors (Lipinski definition) is 4. The number of ether oxygens (including phenoxy) is 2. The van der Waals surface area contributed by atoms with Crippen molar-refractivity contribution in [3.05, 3.63) is 60.4 Å². The van der Waals surface area contributed by atoms with Crippen LogP contribution in [-0.2, 0) is 4.74 Å². The molecule has 0 saturated carbocycles. The van der Waals surface area contributed by atoms with Gasteiger partial charge in [0.15, 0.2) is 0 Å². The van der Waals surface area contributed by atoms with Gasteiger partial charge in [0.05, 0.1) is 11.9 Å². The Morgan fingerprint density at radius 1 is 1.19 bits per heavy atom. The normalized spacial score (nSPS) is 17.3. The Labute approximate surface area is 160 Å². The third-order valence-corrected chi connectivity index (χ3v) is 4.11. The van der Waals surface area contributed by atoms with E-state index in [1.165, 1.54) is 0 Å². The lowest BCUT2D eigenvalue weighted by atomic mass is 9.98. The summed E-state index contributed by atoms with van der Waals surface area (Å²) in [5, 5.41) is 0. The predicted octanol–water partition coefficient (Wildman–Crippen LogP) is 5.49. The van der Waals surface area contributed by atoms with Gasteiger partial charge in [-0.1, -0.05) is 25.1 Å². The molecular weight excluding hydrogens is 340 g/mol. The van der Waals surface area contributed by atoms with Crippen LogP contribution in [0.1, 0.15) is 39.7 Å². The minimum atomic E-state index is -0.534. The Morgan fingerprint density at radius 2 is 1.96 bits per heavy atom. The summed E-state index contributed by atoms with van der Waals surface area (Å²) < 4.78 is 11.5. The number of carbonyl (C=O) groups is 1. The lowest BCUT2D eigenvalue weighted by Gasteiger charge is -2.34. The zero-order chi connectivity index (χ0) is 19.4. The van der Waals surface area contributed by atoms with Crippen LogP contribution in [0, 0.1) is 5.92 Å². The zero-order valence-corrected chi connectivity index (χ0v) is 16.3. The third-order valence-electron chi connectivity index (χ3n) is 4.11. The van der Waals surface area contributed by atoms with Crippen LogP contribution in [-0.4, -0.2) is 28.1 Å². The van der Waals surface area contributed by atoms with Crippen molar-refractivity contribution in [2.45, 2.75) is 39.7 Å². The highest BCUT2D eigenvalue weighted by Gasteiger charge is 2.29. The second-order valence-corrected chi connectivity index (χ2v) is 7.84. The first-order valence-electron chi connectivity index (χ1n) is 9.21.